The lowest BCUT2D eigenvalue weighted by Gasteiger charge is -2.29. The summed E-state index contributed by atoms with van der Waals surface area (Å²) in [6, 6.07) is 21.2. The fourth-order valence-electron chi connectivity index (χ4n) is 3.49. The number of amidine groups is 1. The molecular formula is C21H17BrN2O2. The number of fused-ring (bicyclic) bond motifs is 1. The number of hydrogen-bond donors (Lipinski definition) is 2. The minimum atomic E-state index is -0.775. The molecule has 3 aromatic rings. The Balaban J connectivity index is 2.03. The second kappa shape index (κ2) is 6.18. The van der Waals surface area contributed by atoms with Crippen molar-refractivity contribution in [3.63, 3.8) is 0 Å². The van der Waals surface area contributed by atoms with E-state index < -0.39 is 5.54 Å². The van der Waals surface area contributed by atoms with Crippen molar-refractivity contribution in [1.82, 2.24) is 0 Å². The van der Waals surface area contributed by atoms with Crippen molar-refractivity contribution in [2.75, 3.05) is 7.11 Å². The third-order valence-corrected chi connectivity index (χ3v) is 5.39. The van der Waals surface area contributed by atoms with Crippen LogP contribution in [0.3, 0.4) is 0 Å². The van der Waals surface area contributed by atoms with E-state index in [-0.39, 0.29) is 5.75 Å². The Morgan fingerprint density at radius 2 is 1.69 bits per heavy atom. The summed E-state index contributed by atoms with van der Waals surface area (Å²) in [5.74, 6) is 1.46. The van der Waals surface area contributed by atoms with Gasteiger partial charge in [0, 0.05) is 5.56 Å². The Hall–Kier alpha value is -2.79. The van der Waals surface area contributed by atoms with Crippen LogP contribution in [0.25, 0.3) is 0 Å². The second-order valence-electron chi connectivity index (χ2n) is 6.15. The van der Waals surface area contributed by atoms with Crippen molar-refractivity contribution in [2.24, 2.45) is 10.7 Å². The summed E-state index contributed by atoms with van der Waals surface area (Å²) in [7, 11) is 1.64. The van der Waals surface area contributed by atoms with Crippen molar-refractivity contribution in [3.8, 4) is 11.5 Å². The number of benzene rings is 3. The van der Waals surface area contributed by atoms with Crippen molar-refractivity contribution in [1.29, 1.82) is 0 Å². The predicted molar refractivity (Wildman–Crippen MR) is 106 cm³/mol. The Morgan fingerprint density at radius 3 is 2.38 bits per heavy atom. The van der Waals surface area contributed by atoms with E-state index in [0.717, 1.165) is 28.0 Å². The molecule has 4 nitrogen and oxygen atoms in total. The molecule has 1 unspecified atom stereocenters. The first-order valence-corrected chi connectivity index (χ1v) is 8.94. The maximum Gasteiger partial charge on any atom is 0.139 e. The summed E-state index contributed by atoms with van der Waals surface area (Å²) in [6.45, 7) is 0. The lowest BCUT2D eigenvalue weighted by atomic mass is 9.77. The Labute approximate surface area is 160 Å². The third kappa shape index (κ3) is 2.39. The van der Waals surface area contributed by atoms with Gasteiger partial charge in [0.15, 0.2) is 0 Å². The van der Waals surface area contributed by atoms with Gasteiger partial charge in [-0.05, 0) is 56.9 Å². The molecule has 1 aliphatic heterocycles. The van der Waals surface area contributed by atoms with Crippen LogP contribution in [0, 0.1) is 0 Å². The van der Waals surface area contributed by atoms with Crippen LogP contribution in [-0.4, -0.2) is 18.1 Å². The molecule has 4 rings (SSSR count). The second-order valence-corrected chi connectivity index (χ2v) is 7.00. The van der Waals surface area contributed by atoms with Gasteiger partial charge in [0.05, 0.1) is 11.6 Å². The quantitative estimate of drug-likeness (QED) is 0.682. The number of hydrogen-bond acceptors (Lipinski definition) is 4. The molecule has 0 spiro atoms. The number of aliphatic imine (C=N–C) groups is 1. The number of rotatable bonds is 3. The number of methoxy groups -OCH3 is 1. The molecule has 0 aromatic heterocycles. The van der Waals surface area contributed by atoms with Crippen LogP contribution in [0.2, 0.25) is 0 Å². The number of halogens is 1. The number of phenols is 1. The topological polar surface area (TPSA) is 67.8 Å². The number of ether oxygens (including phenoxy) is 1. The van der Waals surface area contributed by atoms with Crippen molar-refractivity contribution in [3.05, 3.63) is 93.5 Å². The normalized spacial score (nSPS) is 18.3. The van der Waals surface area contributed by atoms with Gasteiger partial charge in [0.2, 0.25) is 0 Å². The monoisotopic (exact) mass is 408 g/mol. The van der Waals surface area contributed by atoms with E-state index in [2.05, 4.69) is 15.9 Å². The lowest BCUT2D eigenvalue weighted by molar-refractivity contribution is 0.414. The maximum atomic E-state index is 9.93. The van der Waals surface area contributed by atoms with Gasteiger partial charge < -0.3 is 15.6 Å². The molecule has 5 heteroatoms. The van der Waals surface area contributed by atoms with E-state index in [4.69, 9.17) is 15.5 Å². The molecule has 1 heterocycles. The van der Waals surface area contributed by atoms with Crippen LogP contribution >= 0.6 is 15.9 Å². The van der Waals surface area contributed by atoms with Gasteiger partial charge in [-0.15, -0.1) is 0 Å². The average Bonchev–Trinajstić information content (AvgIpc) is 2.98. The Bertz CT molecular complexity index is 1010. The molecule has 26 heavy (non-hydrogen) atoms. The summed E-state index contributed by atoms with van der Waals surface area (Å²) in [4.78, 5) is 4.91. The highest BCUT2D eigenvalue weighted by Gasteiger charge is 2.42. The molecular weight excluding hydrogens is 392 g/mol. The number of phenolic OH excluding ortho intramolecular Hbond substituents is 1. The van der Waals surface area contributed by atoms with Gasteiger partial charge in [-0.1, -0.05) is 42.5 Å². The minimum absolute atomic E-state index is 0.182. The zero-order chi connectivity index (χ0) is 18.3. The van der Waals surface area contributed by atoms with Crippen molar-refractivity contribution >= 4 is 21.8 Å². The summed E-state index contributed by atoms with van der Waals surface area (Å²) in [5, 5.41) is 9.93. The molecule has 3 N–H and O–H groups in total. The van der Waals surface area contributed by atoms with E-state index >= 15 is 0 Å². The van der Waals surface area contributed by atoms with E-state index in [9.17, 15) is 5.11 Å². The van der Waals surface area contributed by atoms with Gasteiger partial charge in [0.1, 0.15) is 22.9 Å². The zero-order valence-corrected chi connectivity index (χ0v) is 15.7. The maximum absolute atomic E-state index is 9.93. The van der Waals surface area contributed by atoms with E-state index in [1.807, 2.05) is 60.7 Å². The SMILES string of the molecule is COc1ccc(C2(c3ccc(O)c(Br)c3)N=C(N)c3ccccc32)cc1. The molecule has 0 bridgehead atoms. The van der Waals surface area contributed by atoms with Gasteiger partial charge in [-0.3, -0.25) is 0 Å². The molecule has 0 saturated heterocycles. The minimum Gasteiger partial charge on any atom is -0.507 e. The predicted octanol–water partition coefficient (Wildman–Crippen LogP) is 4.17. The fourth-order valence-corrected chi connectivity index (χ4v) is 3.87. The highest BCUT2D eigenvalue weighted by Crippen LogP contribution is 2.47. The van der Waals surface area contributed by atoms with Crippen molar-refractivity contribution < 1.29 is 9.84 Å². The molecule has 0 radical (unpaired) electrons. The Kier molecular flexibility index (Phi) is 3.96. The van der Waals surface area contributed by atoms with Crippen LogP contribution in [0.5, 0.6) is 11.5 Å². The first-order chi connectivity index (χ1) is 12.6. The summed E-state index contributed by atoms with van der Waals surface area (Å²) >= 11 is 3.42. The Morgan fingerprint density at radius 1 is 1.00 bits per heavy atom. The summed E-state index contributed by atoms with van der Waals surface area (Å²) in [6.07, 6.45) is 0. The largest absolute Gasteiger partial charge is 0.507 e. The molecule has 0 aliphatic carbocycles. The standard InChI is InChI=1S/C21H17BrN2O2/c1-26-15-9-6-13(7-10-15)21(14-8-11-19(25)18(22)12-14)17-5-3-2-4-16(17)20(23)24-21/h2-12,25H,1H3,(H2,23,24). The molecule has 3 aromatic carbocycles. The number of nitrogens with two attached hydrogens (primary N) is 1. The summed E-state index contributed by atoms with van der Waals surface area (Å²) in [5.41, 5.74) is 9.34. The molecule has 1 aliphatic rings. The number of aromatic hydroxyl groups is 1. The summed E-state index contributed by atoms with van der Waals surface area (Å²) < 4.78 is 5.91. The molecule has 1 atom stereocenters. The highest BCUT2D eigenvalue weighted by molar-refractivity contribution is 9.10. The molecule has 130 valence electrons. The molecule has 0 fully saturated rings. The van der Waals surface area contributed by atoms with Crippen LogP contribution in [-0.2, 0) is 5.54 Å². The first-order valence-electron chi connectivity index (χ1n) is 8.15. The first kappa shape index (κ1) is 16.7. The van der Waals surface area contributed by atoms with E-state index in [1.165, 1.54) is 0 Å². The molecule has 0 amide bonds. The number of nitrogens with zero attached hydrogens (tertiary/aromatic N) is 1. The lowest BCUT2D eigenvalue weighted by Crippen LogP contribution is -2.25. The van der Waals surface area contributed by atoms with Crippen LogP contribution in [0.4, 0.5) is 0 Å². The average molecular weight is 409 g/mol. The third-order valence-electron chi connectivity index (χ3n) is 4.75. The van der Waals surface area contributed by atoms with Gasteiger partial charge in [0.25, 0.3) is 0 Å². The van der Waals surface area contributed by atoms with E-state index in [1.54, 1.807) is 13.2 Å². The van der Waals surface area contributed by atoms with Crippen LogP contribution in [0.1, 0.15) is 22.3 Å². The van der Waals surface area contributed by atoms with Crippen molar-refractivity contribution in [2.45, 2.75) is 5.54 Å². The fraction of sp³-hybridized carbons (Fsp3) is 0.0952. The van der Waals surface area contributed by atoms with E-state index in [0.29, 0.717) is 10.3 Å². The van der Waals surface area contributed by atoms with Crippen LogP contribution in [0.15, 0.2) is 76.2 Å². The molecule has 0 saturated carbocycles. The smallest absolute Gasteiger partial charge is 0.139 e. The zero-order valence-electron chi connectivity index (χ0n) is 14.1. The van der Waals surface area contributed by atoms with Crippen LogP contribution < -0.4 is 10.5 Å². The highest BCUT2D eigenvalue weighted by atomic mass is 79.9. The van der Waals surface area contributed by atoms with Gasteiger partial charge in [-0.25, -0.2) is 4.99 Å². The van der Waals surface area contributed by atoms with Gasteiger partial charge in [-0.2, -0.15) is 0 Å². The van der Waals surface area contributed by atoms with Gasteiger partial charge >= 0.3 is 0 Å².